The number of benzene rings is 2. The summed E-state index contributed by atoms with van der Waals surface area (Å²) in [5.74, 6) is 0. The van der Waals surface area contributed by atoms with E-state index < -0.39 is 0 Å². The molecule has 2 aromatic rings. The summed E-state index contributed by atoms with van der Waals surface area (Å²) in [5.41, 5.74) is 11.0. The first-order valence-electron chi connectivity index (χ1n) is 6.82. The summed E-state index contributed by atoms with van der Waals surface area (Å²) in [5, 5.41) is 0. The lowest BCUT2D eigenvalue weighted by Gasteiger charge is -2.28. The maximum Gasteiger partial charge on any atom is 0.0459 e. The zero-order chi connectivity index (χ0) is 13.8. The number of para-hydroxylation sites is 2. The molecule has 0 aliphatic rings. The van der Waals surface area contributed by atoms with E-state index in [9.17, 15) is 0 Å². The van der Waals surface area contributed by atoms with Crippen LogP contribution in [0.3, 0.4) is 0 Å². The fraction of sp³-hybridized carbons (Fsp3) is 0.294. The molecule has 0 spiro atoms. The lowest BCUT2D eigenvalue weighted by molar-refractivity contribution is 0.811. The molecule has 2 rings (SSSR count). The summed E-state index contributed by atoms with van der Waals surface area (Å²) >= 11 is 0. The van der Waals surface area contributed by atoms with E-state index in [0.29, 0.717) is 0 Å². The Bertz CT molecular complexity index is 546. The first kappa shape index (κ1) is 13.6. The summed E-state index contributed by atoms with van der Waals surface area (Å²) in [6.07, 6.45) is 0. The quantitative estimate of drug-likeness (QED) is 0.887. The number of aryl methyl sites for hydroxylation is 1. The van der Waals surface area contributed by atoms with Crippen LogP contribution in [0.15, 0.2) is 48.5 Å². The summed E-state index contributed by atoms with van der Waals surface area (Å²) in [7, 11) is 0. The molecule has 2 nitrogen and oxygen atoms in total. The van der Waals surface area contributed by atoms with E-state index in [4.69, 9.17) is 5.73 Å². The molecule has 0 radical (unpaired) electrons. The van der Waals surface area contributed by atoms with Crippen LogP contribution in [-0.4, -0.2) is 6.54 Å². The Labute approximate surface area is 115 Å². The van der Waals surface area contributed by atoms with Gasteiger partial charge in [0.15, 0.2) is 0 Å². The molecule has 0 aliphatic heterocycles. The van der Waals surface area contributed by atoms with E-state index in [0.717, 1.165) is 6.54 Å². The smallest absolute Gasteiger partial charge is 0.0459 e. The fourth-order valence-corrected chi connectivity index (χ4v) is 2.46. The van der Waals surface area contributed by atoms with Crippen LogP contribution in [0, 0.1) is 6.92 Å². The predicted molar refractivity (Wildman–Crippen MR) is 82.9 cm³/mol. The first-order valence-corrected chi connectivity index (χ1v) is 6.82. The van der Waals surface area contributed by atoms with Crippen molar-refractivity contribution >= 4 is 11.4 Å². The molecule has 2 aromatic carbocycles. The highest BCUT2D eigenvalue weighted by molar-refractivity contribution is 5.69. The second kappa shape index (κ2) is 5.89. The average molecular weight is 254 g/mol. The van der Waals surface area contributed by atoms with Gasteiger partial charge in [-0.05, 0) is 44.0 Å². The standard InChI is InChI=1S/C17H22N2/c1-4-19(16-11-7-5-9-13(16)2)17-12-8-6-10-15(17)14(3)18/h5-12,14H,4,18H2,1-3H3/t14-/m0/s1. The highest BCUT2D eigenvalue weighted by Crippen LogP contribution is 2.32. The Morgan fingerprint density at radius 3 is 2.16 bits per heavy atom. The van der Waals surface area contributed by atoms with Gasteiger partial charge < -0.3 is 10.6 Å². The van der Waals surface area contributed by atoms with Crippen molar-refractivity contribution in [3.05, 3.63) is 59.7 Å². The zero-order valence-corrected chi connectivity index (χ0v) is 11.9. The Morgan fingerprint density at radius 2 is 1.58 bits per heavy atom. The molecule has 0 aromatic heterocycles. The lowest BCUT2D eigenvalue weighted by Crippen LogP contribution is -2.20. The van der Waals surface area contributed by atoms with Gasteiger partial charge >= 0.3 is 0 Å². The summed E-state index contributed by atoms with van der Waals surface area (Å²) in [4.78, 5) is 2.33. The second-order valence-corrected chi connectivity index (χ2v) is 4.88. The van der Waals surface area contributed by atoms with Gasteiger partial charge in [0.05, 0.1) is 0 Å². The van der Waals surface area contributed by atoms with Crippen LogP contribution in [-0.2, 0) is 0 Å². The summed E-state index contributed by atoms with van der Waals surface area (Å²) in [6.45, 7) is 7.27. The van der Waals surface area contributed by atoms with Crippen LogP contribution in [0.1, 0.15) is 31.0 Å². The summed E-state index contributed by atoms with van der Waals surface area (Å²) < 4.78 is 0. The van der Waals surface area contributed by atoms with Gasteiger partial charge in [-0.1, -0.05) is 36.4 Å². The number of hydrogen-bond donors (Lipinski definition) is 1. The molecular weight excluding hydrogens is 232 g/mol. The van der Waals surface area contributed by atoms with Crippen molar-refractivity contribution in [3.63, 3.8) is 0 Å². The Hall–Kier alpha value is -1.80. The van der Waals surface area contributed by atoms with Crippen molar-refractivity contribution in [2.45, 2.75) is 26.8 Å². The fourth-order valence-electron chi connectivity index (χ4n) is 2.46. The highest BCUT2D eigenvalue weighted by atomic mass is 15.1. The molecule has 0 fully saturated rings. The molecule has 2 N–H and O–H groups in total. The lowest BCUT2D eigenvalue weighted by atomic mass is 10.0. The number of nitrogens with zero attached hydrogens (tertiary/aromatic N) is 1. The van der Waals surface area contributed by atoms with Crippen LogP contribution >= 0.6 is 0 Å². The van der Waals surface area contributed by atoms with E-state index >= 15 is 0 Å². The van der Waals surface area contributed by atoms with E-state index in [1.54, 1.807) is 0 Å². The van der Waals surface area contributed by atoms with Crippen LogP contribution < -0.4 is 10.6 Å². The predicted octanol–water partition coefficient (Wildman–Crippen LogP) is 4.17. The molecule has 100 valence electrons. The zero-order valence-electron chi connectivity index (χ0n) is 11.9. The average Bonchev–Trinajstić information content (AvgIpc) is 2.42. The highest BCUT2D eigenvalue weighted by Gasteiger charge is 2.14. The monoisotopic (exact) mass is 254 g/mol. The molecule has 0 unspecified atom stereocenters. The third-order valence-corrected chi connectivity index (χ3v) is 3.44. The van der Waals surface area contributed by atoms with E-state index in [1.807, 2.05) is 13.0 Å². The van der Waals surface area contributed by atoms with Gasteiger partial charge in [-0.3, -0.25) is 0 Å². The molecule has 0 bridgehead atoms. The Kier molecular flexibility index (Phi) is 4.23. The summed E-state index contributed by atoms with van der Waals surface area (Å²) in [6, 6.07) is 16.9. The second-order valence-electron chi connectivity index (χ2n) is 4.88. The van der Waals surface area contributed by atoms with Crippen LogP contribution in [0.4, 0.5) is 11.4 Å². The Balaban J connectivity index is 2.52. The third-order valence-electron chi connectivity index (χ3n) is 3.44. The number of nitrogens with two attached hydrogens (primary N) is 1. The van der Waals surface area contributed by atoms with E-state index in [2.05, 4.69) is 61.2 Å². The topological polar surface area (TPSA) is 29.3 Å². The van der Waals surface area contributed by atoms with Gasteiger partial charge in [0.25, 0.3) is 0 Å². The molecule has 0 saturated heterocycles. The van der Waals surface area contributed by atoms with E-state index in [1.165, 1.54) is 22.5 Å². The van der Waals surface area contributed by atoms with Gasteiger partial charge in [-0.2, -0.15) is 0 Å². The SMILES string of the molecule is CCN(c1ccccc1C)c1ccccc1[C@H](C)N. The molecular formula is C17H22N2. The third kappa shape index (κ3) is 2.79. The molecule has 19 heavy (non-hydrogen) atoms. The van der Waals surface area contributed by atoms with Crippen molar-refractivity contribution in [1.29, 1.82) is 0 Å². The molecule has 2 heteroatoms. The van der Waals surface area contributed by atoms with Crippen LogP contribution in [0.2, 0.25) is 0 Å². The van der Waals surface area contributed by atoms with Gasteiger partial charge in [-0.25, -0.2) is 0 Å². The largest absolute Gasteiger partial charge is 0.341 e. The van der Waals surface area contributed by atoms with Crippen molar-refractivity contribution in [1.82, 2.24) is 0 Å². The minimum Gasteiger partial charge on any atom is -0.341 e. The van der Waals surface area contributed by atoms with Crippen molar-refractivity contribution in [2.75, 3.05) is 11.4 Å². The number of rotatable bonds is 4. The normalized spacial score (nSPS) is 12.2. The molecule has 0 amide bonds. The van der Waals surface area contributed by atoms with Gasteiger partial charge in [0.1, 0.15) is 0 Å². The van der Waals surface area contributed by atoms with Crippen molar-refractivity contribution in [2.24, 2.45) is 5.73 Å². The van der Waals surface area contributed by atoms with Gasteiger partial charge in [0.2, 0.25) is 0 Å². The van der Waals surface area contributed by atoms with E-state index in [-0.39, 0.29) is 6.04 Å². The van der Waals surface area contributed by atoms with Crippen molar-refractivity contribution in [3.8, 4) is 0 Å². The number of anilines is 2. The number of hydrogen-bond acceptors (Lipinski definition) is 2. The van der Waals surface area contributed by atoms with Crippen molar-refractivity contribution < 1.29 is 0 Å². The molecule has 1 atom stereocenters. The van der Waals surface area contributed by atoms with Gasteiger partial charge in [-0.15, -0.1) is 0 Å². The maximum absolute atomic E-state index is 6.10. The molecule has 0 aliphatic carbocycles. The maximum atomic E-state index is 6.10. The van der Waals surface area contributed by atoms with Gasteiger partial charge in [0, 0.05) is 24.0 Å². The minimum absolute atomic E-state index is 0.0364. The first-order chi connectivity index (χ1) is 9.15. The minimum atomic E-state index is 0.0364. The Morgan fingerprint density at radius 1 is 1.00 bits per heavy atom. The van der Waals surface area contributed by atoms with Crippen LogP contribution in [0.5, 0.6) is 0 Å². The molecule has 0 heterocycles. The van der Waals surface area contributed by atoms with Crippen LogP contribution in [0.25, 0.3) is 0 Å². The molecule has 0 saturated carbocycles.